The standard InChI is InChI=1S/2C4H7NO4.Na/c2*5-2(4(8)9)1-3(6)7;/h2*2H,1,5H2,(H,6,7)(H,8,9);/q;;+1/p-1/t2*2-;/m00./s1. The first-order valence-electron chi connectivity index (χ1n) is 4.46. The number of carboxylic acids is 4. The number of rotatable bonds is 6. The van der Waals surface area contributed by atoms with Crippen LogP contribution in [-0.4, -0.2) is 51.3 Å². The third kappa shape index (κ3) is 16.8. The van der Waals surface area contributed by atoms with E-state index in [1.165, 1.54) is 0 Å². The van der Waals surface area contributed by atoms with E-state index < -0.39 is 48.8 Å². The molecule has 2 atom stereocenters. The molecule has 0 aliphatic heterocycles. The number of hydrogen-bond donors (Lipinski definition) is 5. The van der Waals surface area contributed by atoms with Crippen molar-refractivity contribution in [3.05, 3.63) is 0 Å². The largest absolute Gasteiger partial charge is 1.00 e. The van der Waals surface area contributed by atoms with Crippen LogP contribution in [0.5, 0.6) is 0 Å². The summed E-state index contributed by atoms with van der Waals surface area (Å²) in [7, 11) is 0. The van der Waals surface area contributed by atoms with Crippen LogP contribution in [0.2, 0.25) is 0 Å². The molecular formula is C8H13N2NaO8. The second-order valence-electron chi connectivity index (χ2n) is 3.07. The van der Waals surface area contributed by atoms with E-state index in [1.807, 2.05) is 0 Å². The predicted molar refractivity (Wildman–Crippen MR) is 53.1 cm³/mol. The summed E-state index contributed by atoms with van der Waals surface area (Å²) in [4.78, 5) is 39.1. The Morgan fingerprint density at radius 3 is 1.32 bits per heavy atom. The van der Waals surface area contributed by atoms with Gasteiger partial charge in [-0.05, 0) is 0 Å². The smallest absolute Gasteiger partial charge is 0.548 e. The van der Waals surface area contributed by atoms with Crippen molar-refractivity contribution in [1.82, 2.24) is 0 Å². The maximum atomic E-state index is 9.85. The van der Waals surface area contributed by atoms with Gasteiger partial charge in [-0.15, -0.1) is 0 Å². The summed E-state index contributed by atoms with van der Waals surface area (Å²) in [5, 5.41) is 33.7. The molecule has 0 radical (unpaired) electrons. The molecule has 0 saturated carbocycles. The molecule has 0 rings (SSSR count). The Bertz CT molecular complexity index is 303. The molecule has 0 unspecified atom stereocenters. The minimum atomic E-state index is -1.54. The molecule has 7 N–H and O–H groups in total. The van der Waals surface area contributed by atoms with Crippen LogP contribution in [-0.2, 0) is 19.2 Å². The third-order valence-corrected chi connectivity index (χ3v) is 1.41. The molecule has 0 aromatic heterocycles. The average molecular weight is 288 g/mol. The van der Waals surface area contributed by atoms with Gasteiger partial charge in [-0.1, -0.05) is 0 Å². The van der Waals surface area contributed by atoms with Gasteiger partial charge in [-0.25, -0.2) is 0 Å². The fourth-order valence-corrected chi connectivity index (χ4v) is 0.547. The summed E-state index contributed by atoms with van der Waals surface area (Å²) in [6, 6.07) is -2.69. The Balaban J connectivity index is -0.000000256. The van der Waals surface area contributed by atoms with E-state index in [1.54, 1.807) is 0 Å². The zero-order valence-corrected chi connectivity index (χ0v) is 12.1. The molecule has 0 heterocycles. The van der Waals surface area contributed by atoms with Crippen molar-refractivity contribution in [3.63, 3.8) is 0 Å². The van der Waals surface area contributed by atoms with E-state index in [0.717, 1.165) is 0 Å². The van der Waals surface area contributed by atoms with Crippen molar-refractivity contribution < 1.29 is 69.2 Å². The summed E-state index contributed by atoms with van der Waals surface area (Å²) in [6.45, 7) is 0. The fourth-order valence-electron chi connectivity index (χ4n) is 0.547. The molecule has 0 amide bonds. The second-order valence-corrected chi connectivity index (χ2v) is 3.07. The second kappa shape index (κ2) is 11.9. The van der Waals surface area contributed by atoms with Crippen LogP contribution >= 0.6 is 0 Å². The van der Waals surface area contributed by atoms with Gasteiger partial charge in [0.2, 0.25) is 0 Å². The van der Waals surface area contributed by atoms with Gasteiger partial charge in [0.05, 0.1) is 24.9 Å². The van der Waals surface area contributed by atoms with Crippen molar-refractivity contribution in [2.45, 2.75) is 24.9 Å². The summed E-state index contributed by atoms with van der Waals surface area (Å²) in [5.41, 5.74) is 9.61. The molecule has 11 heteroatoms. The molecule has 19 heavy (non-hydrogen) atoms. The quantitative estimate of drug-likeness (QED) is 0.292. The van der Waals surface area contributed by atoms with E-state index in [2.05, 4.69) is 0 Å². The monoisotopic (exact) mass is 288 g/mol. The van der Waals surface area contributed by atoms with Gasteiger partial charge in [0.1, 0.15) is 6.04 Å². The van der Waals surface area contributed by atoms with Gasteiger partial charge in [0.15, 0.2) is 0 Å². The van der Waals surface area contributed by atoms with Crippen LogP contribution in [0, 0.1) is 0 Å². The minimum absolute atomic E-state index is 0. The first-order valence-corrected chi connectivity index (χ1v) is 4.46. The third-order valence-electron chi connectivity index (χ3n) is 1.41. The maximum absolute atomic E-state index is 9.85. The molecule has 0 fully saturated rings. The first kappa shape index (κ1) is 22.9. The van der Waals surface area contributed by atoms with E-state index in [0.29, 0.717) is 0 Å². The summed E-state index contributed by atoms with van der Waals surface area (Å²) in [6.07, 6.45) is -1.13. The predicted octanol–water partition coefficient (Wildman–Crippen LogP) is -6.58. The van der Waals surface area contributed by atoms with E-state index in [9.17, 15) is 24.3 Å². The van der Waals surface area contributed by atoms with Crippen molar-refractivity contribution in [3.8, 4) is 0 Å². The van der Waals surface area contributed by atoms with Gasteiger partial charge in [0, 0.05) is 0 Å². The Morgan fingerprint density at radius 1 is 0.895 bits per heavy atom. The van der Waals surface area contributed by atoms with Crippen LogP contribution in [0.15, 0.2) is 0 Å². The summed E-state index contributed by atoms with van der Waals surface area (Å²) in [5.74, 6) is -5.29. The first-order chi connectivity index (χ1) is 8.07. The Hall–Kier alpha value is -1.20. The molecule has 0 aromatic rings. The molecule has 0 aromatic carbocycles. The Morgan fingerprint density at radius 2 is 1.21 bits per heavy atom. The van der Waals surface area contributed by atoms with Gasteiger partial charge in [0.25, 0.3) is 0 Å². The van der Waals surface area contributed by atoms with Crippen LogP contribution in [0.1, 0.15) is 12.8 Å². The molecule has 0 aliphatic rings. The Kier molecular flexibility index (Phi) is 14.3. The number of nitrogens with two attached hydrogens (primary N) is 2. The molecule has 10 nitrogen and oxygen atoms in total. The molecule has 0 aliphatic carbocycles. The summed E-state index contributed by atoms with van der Waals surface area (Å²) >= 11 is 0. The SMILES string of the molecule is N[C@@H](CC(=O)O)C(=O)O.N[C@@H](CC(=O)O)C(=O)[O-].[Na+]. The topological polar surface area (TPSA) is 204 Å². The van der Waals surface area contributed by atoms with Crippen molar-refractivity contribution in [2.75, 3.05) is 0 Å². The van der Waals surface area contributed by atoms with Crippen LogP contribution in [0.3, 0.4) is 0 Å². The number of hydrogen-bond acceptors (Lipinski definition) is 7. The normalized spacial score (nSPS) is 11.9. The zero-order valence-electron chi connectivity index (χ0n) is 10.1. The van der Waals surface area contributed by atoms with E-state index >= 15 is 0 Å². The Labute approximate surface area is 129 Å². The minimum Gasteiger partial charge on any atom is -0.548 e. The number of carbonyl (C=O) groups is 4. The molecule has 104 valence electrons. The molecular weight excluding hydrogens is 275 g/mol. The van der Waals surface area contributed by atoms with Crippen LogP contribution in [0.25, 0.3) is 0 Å². The summed E-state index contributed by atoms with van der Waals surface area (Å²) < 4.78 is 0. The number of carboxylic acid groups (broad SMARTS) is 4. The zero-order chi connectivity index (χ0) is 14.9. The average Bonchev–Trinajstić information content (AvgIpc) is 2.16. The maximum Gasteiger partial charge on any atom is 1.00 e. The number of carbonyl (C=O) groups excluding carboxylic acids is 1. The van der Waals surface area contributed by atoms with E-state index in [4.69, 9.17) is 26.8 Å². The van der Waals surface area contributed by atoms with Crippen LogP contribution in [0.4, 0.5) is 0 Å². The van der Waals surface area contributed by atoms with Crippen molar-refractivity contribution >= 4 is 23.9 Å². The van der Waals surface area contributed by atoms with Crippen molar-refractivity contribution in [2.24, 2.45) is 11.5 Å². The molecule has 0 saturated heterocycles. The van der Waals surface area contributed by atoms with Gasteiger partial charge in [-0.2, -0.15) is 0 Å². The van der Waals surface area contributed by atoms with Gasteiger partial charge >= 0.3 is 47.5 Å². The molecule has 0 spiro atoms. The van der Waals surface area contributed by atoms with E-state index in [-0.39, 0.29) is 29.6 Å². The van der Waals surface area contributed by atoms with Gasteiger partial charge < -0.3 is 36.7 Å². The van der Waals surface area contributed by atoms with Crippen molar-refractivity contribution in [1.29, 1.82) is 0 Å². The fraction of sp³-hybridized carbons (Fsp3) is 0.500. The molecule has 0 bridgehead atoms. The van der Waals surface area contributed by atoms with Crippen LogP contribution < -0.4 is 46.1 Å². The number of aliphatic carboxylic acids is 4. The van der Waals surface area contributed by atoms with Gasteiger partial charge in [-0.3, -0.25) is 14.4 Å².